The van der Waals surface area contributed by atoms with E-state index in [2.05, 4.69) is 47.3 Å². The molecule has 98 valence electrons. The van der Waals surface area contributed by atoms with Crippen molar-refractivity contribution >= 4 is 5.91 Å². The third-order valence-corrected chi connectivity index (χ3v) is 2.30. The number of hydrogen-bond acceptors (Lipinski definition) is 3. The van der Waals surface area contributed by atoms with E-state index >= 15 is 0 Å². The largest absolute Gasteiger partial charge is 0.346 e. The fourth-order valence-electron chi connectivity index (χ4n) is 1.48. The number of H-pyrrole nitrogens is 1. The van der Waals surface area contributed by atoms with Gasteiger partial charge in [0.1, 0.15) is 6.33 Å². The first-order valence-electron chi connectivity index (χ1n) is 6.14. The topological polar surface area (TPSA) is 70.7 Å². The van der Waals surface area contributed by atoms with Crippen LogP contribution in [0.3, 0.4) is 0 Å². The number of hydrogen-bond donors (Lipinski definition) is 2. The van der Waals surface area contributed by atoms with Crippen LogP contribution in [0.5, 0.6) is 0 Å². The van der Waals surface area contributed by atoms with Crippen LogP contribution in [0.2, 0.25) is 0 Å². The summed E-state index contributed by atoms with van der Waals surface area (Å²) in [5.74, 6) is 0.522. The summed E-state index contributed by atoms with van der Waals surface area (Å²) >= 11 is 0. The van der Waals surface area contributed by atoms with Crippen LogP contribution in [0, 0.1) is 5.92 Å². The van der Waals surface area contributed by atoms with Crippen LogP contribution in [-0.4, -0.2) is 27.6 Å². The van der Waals surface area contributed by atoms with Crippen LogP contribution in [0.4, 0.5) is 0 Å². The van der Waals surface area contributed by atoms with Gasteiger partial charge in [0.05, 0.1) is 0 Å². The van der Waals surface area contributed by atoms with E-state index in [1.807, 2.05) is 12.2 Å². The van der Waals surface area contributed by atoms with Crippen molar-refractivity contribution in [2.24, 2.45) is 5.92 Å². The van der Waals surface area contributed by atoms with Gasteiger partial charge >= 0.3 is 0 Å². The lowest BCUT2D eigenvalue weighted by Gasteiger charge is -2.01. The average Bonchev–Trinajstić information content (AvgIpc) is 2.86. The van der Waals surface area contributed by atoms with Crippen LogP contribution in [0.15, 0.2) is 30.1 Å². The van der Waals surface area contributed by atoms with E-state index in [0.717, 1.165) is 6.42 Å². The third-order valence-electron chi connectivity index (χ3n) is 2.30. The zero-order valence-electron chi connectivity index (χ0n) is 11.1. The van der Waals surface area contributed by atoms with Gasteiger partial charge < -0.3 is 5.32 Å². The highest BCUT2D eigenvalue weighted by Crippen LogP contribution is 2.07. The summed E-state index contributed by atoms with van der Waals surface area (Å²) in [7, 11) is 0. The van der Waals surface area contributed by atoms with Crippen LogP contribution in [0.1, 0.15) is 37.8 Å². The molecule has 0 fully saturated rings. The van der Waals surface area contributed by atoms with Gasteiger partial charge in [0.15, 0.2) is 0 Å². The third kappa shape index (κ3) is 4.95. The normalized spacial score (nSPS) is 12.3. The van der Waals surface area contributed by atoms with Crippen LogP contribution >= 0.6 is 0 Å². The molecule has 0 aromatic carbocycles. The molecule has 0 unspecified atom stereocenters. The number of nitrogens with zero attached hydrogens (tertiary/aromatic N) is 2. The van der Waals surface area contributed by atoms with Crippen molar-refractivity contribution < 1.29 is 4.79 Å². The van der Waals surface area contributed by atoms with Gasteiger partial charge in [-0.15, -0.1) is 0 Å². The molecule has 2 N–H and O–H groups in total. The van der Waals surface area contributed by atoms with Crippen molar-refractivity contribution in [2.75, 3.05) is 6.54 Å². The summed E-state index contributed by atoms with van der Waals surface area (Å²) < 4.78 is 0. The molecular formula is C13H20N4O. The smallest absolute Gasteiger partial charge is 0.288 e. The maximum Gasteiger partial charge on any atom is 0.288 e. The molecule has 0 bridgehead atoms. The Balaban J connectivity index is 2.39. The second-order valence-corrected chi connectivity index (χ2v) is 4.29. The number of carbonyl (C=O) groups excluding carboxylic acids is 1. The summed E-state index contributed by atoms with van der Waals surface area (Å²) in [4.78, 5) is 15.3. The fraction of sp³-hybridized carbons (Fsp3) is 0.462. The fourth-order valence-corrected chi connectivity index (χ4v) is 1.48. The summed E-state index contributed by atoms with van der Waals surface area (Å²) in [6, 6.07) is 0. The van der Waals surface area contributed by atoms with Gasteiger partial charge in [-0.25, -0.2) is 4.98 Å². The second kappa shape index (κ2) is 7.42. The van der Waals surface area contributed by atoms with Gasteiger partial charge in [-0.3, -0.25) is 9.89 Å². The van der Waals surface area contributed by atoms with Crippen molar-refractivity contribution in [1.29, 1.82) is 0 Å². The molecule has 5 nitrogen and oxygen atoms in total. The molecule has 0 saturated heterocycles. The molecule has 0 aliphatic rings. The summed E-state index contributed by atoms with van der Waals surface area (Å²) in [5, 5.41) is 8.87. The van der Waals surface area contributed by atoms with Gasteiger partial charge in [-0.2, -0.15) is 5.10 Å². The maximum absolute atomic E-state index is 11.5. The molecule has 0 radical (unpaired) electrons. The monoisotopic (exact) mass is 248 g/mol. The predicted octanol–water partition coefficient (Wildman–Crippen LogP) is 2.08. The number of nitrogens with one attached hydrogen (secondary N) is 2. The Morgan fingerprint density at radius 1 is 1.56 bits per heavy atom. The Morgan fingerprint density at radius 3 is 2.89 bits per heavy atom. The zero-order valence-corrected chi connectivity index (χ0v) is 11.1. The molecule has 0 saturated carbocycles. The lowest BCUT2D eigenvalue weighted by atomic mass is 10.1. The van der Waals surface area contributed by atoms with E-state index in [1.165, 1.54) is 11.9 Å². The van der Waals surface area contributed by atoms with Crippen molar-refractivity contribution in [3.63, 3.8) is 0 Å². The summed E-state index contributed by atoms with van der Waals surface area (Å²) in [5.41, 5.74) is 1.28. The second-order valence-electron chi connectivity index (χ2n) is 4.29. The van der Waals surface area contributed by atoms with Gasteiger partial charge in [-0.1, -0.05) is 44.6 Å². The number of allylic oxidation sites excluding steroid dienone is 3. The molecule has 1 aromatic heterocycles. The van der Waals surface area contributed by atoms with E-state index in [0.29, 0.717) is 12.5 Å². The highest BCUT2D eigenvalue weighted by Gasteiger charge is 2.05. The Kier molecular flexibility index (Phi) is 5.84. The quantitative estimate of drug-likeness (QED) is 0.757. The summed E-state index contributed by atoms with van der Waals surface area (Å²) in [6.07, 6.45) is 8.50. The number of carbonyl (C=O) groups is 1. The lowest BCUT2D eigenvalue weighted by Crippen LogP contribution is -2.24. The Hall–Kier alpha value is -1.91. The van der Waals surface area contributed by atoms with Crippen molar-refractivity contribution in [1.82, 2.24) is 20.5 Å². The summed E-state index contributed by atoms with van der Waals surface area (Å²) in [6.45, 7) is 6.89. The molecule has 0 aliphatic heterocycles. The number of aromatic amines is 1. The minimum Gasteiger partial charge on any atom is -0.346 e. The Labute approximate surface area is 107 Å². The highest BCUT2D eigenvalue weighted by molar-refractivity contribution is 5.90. The van der Waals surface area contributed by atoms with Crippen molar-refractivity contribution in [3.05, 3.63) is 36.0 Å². The van der Waals surface area contributed by atoms with Crippen LogP contribution < -0.4 is 5.32 Å². The molecule has 1 aromatic rings. The van der Waals surface area contributed by atoms with Crippen LogP contribution in [-0.2, 0) is 0 Å². The van der Waals surface area contributed by atoms with E-state index in [4.69, 9.17) is 0 Å². The minimum atomic E-state index is -0.247. The molecule has 1 heterocycles. The highest BCUT2D eigenvalue weighted by atomic mass is 16.2. The molecule has 0 spiro atoms. The molecular weight excluding hydrogens is 228 g/mol. The first kappa shape index (κ1) is 14.2. The van der Waals surface area contributed by atoms with Gasteiger partial charge in [0, 0.05) is 6.54 Å². The zero-order chi connectivity index (χ0) is 13.4. The van der Waals surface area contributed by atoms with E-state index in [1.54, 1.807) is 0 Å². The predicted molar refractivity (Wildman–Crippen MR) is 71.1 cm³/mol. The number of amides is 1. The number of aromatic nitrogens is 3. The van der Waals surface area contributed by atoms with Crippen molar-refractivity contribution in [2.45, 2.75) is 27.2 Å². The molecule has 18 heavy (non-hydrogen) atoms. The van der Waals surface area contributed by atoms with E-state index in [9.17, 15) is 4.79 Å². The molecule has 0 atom stereocenters. The first-order chi connectivity index (χ1) is 8.63. The van der Waals surface area contributed by atoms with Crippen molar-refractivity contribution in [3.8, 4) is 0 Å². The number of rotatable bonds is 6. The Bertz CT molecular complexity index is 418. The molecule has 0 aliphatic carbocycles. The molecule has 1 rings (SSSR count). The average molecular weight is 248 g/mol. The van der Waals surface area contributed by atoms with E-state index < -0.39 is 0 Å². The minimum absolute atomic E-state index is 0.233. The Morgan fingerprint density at radius 2 is 2.33 bits per heavy atom. The first-order valence-corrected chi connectivity index (χ1v) is 6.14. The van der Waals surface area contributed by atoms with Gasteiger partial charge in [-0.05, 0) is 12.3 Å². The maximum atomic E-state index is 11.5. The standard InChI is InChI=1S/C13H20N4O/c1-4-11(8-10(2)3)6-5-7-14-13(18)12-15-9-16-17-12/h5-6,8-10H,4,7H2,1-3H3,(H,14,18)(H,15,16,17)/b6-5+,11-8+. The van der Waals surface area contributed by atoms with Gasteiger partial charge in [0.2, 0.25) is 5.82 Å². The molecule has 5 heteroatoms. The lowest BCUT2D eigenvalue weighted by molar-refractivity contribution is 0.0948. The van der Waals surface area contributed by atoms with Gasteiger partial charge in [0.25, 0.3) is 5.91 Å². The van der Waals surface area contributed by atoms with E-state index in [-0.39, 0.29) is 11.7 Å². The van der Waals surface area contributed by atoms with Crippen LogP contribution in [0.25, 0.3) is 0 Å². The SMILES string of the molecule is CCC(/C=C/CNC(=O)c1ncn[nH]1)=C\C(C)C. The molecule has 1 amide bonds.